The highest BCUT2D eigenvalue weighted by Crippen LogP contribution is 2.28. The Kier molecular flexibility index (Phi) is 2.37. The predicted octanol–water partition coefficient (Wildman–Crippen LogP) is 3.28. The van der Waals surface area contributed by atoms with E-state index in [9.17, 15) is 13.2 Å². The molecule has 1 aromatic heterocycles. The molecule has 0 atom stereocenters. The monoisotopic (exact) mass is 219 g/mol. The fourth-order valence-electron chi connectivity index (χ4n) is 1.00. The third kappa shape index (κ3) is 1.84. The van der Waals surface area contributed by atoms with Crippen molar-refractivity contribution in [1.82, 2.24) is 4.98 Å². The van der Waals surface area contributed by atoms with Crippen LogP contribution in [-0.2, 0) is 0 Å². The Labute approximate surface area is 81.1 Å². The Morgan fingerprint density at radius 3 is 2.86 bits per heavy atom. The van der Waals surface area contributed by atoms with Crippen LogP contribution in [0.4, 0.5) is 13.2 Å². The molecule has 0 radical (unpaired) electrons. The van der Waals surface area contributed by atoms with Gasteiger partial charge in [0.05, 0.1) is 0 Å². The van der Waals surface area contributed by atoms with Crippen LogP contribution >= 0.6 is 11.8 Å². The summed E-state index contributed by atoms with van der Waals surface area (Å²) in [5.74, 6) is -3.07. The minimum Gasteiger partial charge on any atom is -0.431 e. The first-order valence-corrected chi connectivity index (χ1v) is 4.54. The number of fused-ring (bicyclic) bond motifs is 1. The average molecular weight is 219 g/mol. The van der Waals surface area contributed by atoms with Crippen LogP contribution in [-0.4, -0.2) is 10.7 Å². The average Bonchev–Trinajstić information content (AvgIpc) is 2.44. The number of benzene rings is 1. The first-order valence-electron chi connectivity index (χ1n) is 3.66. The molecule has 0 aliphatic carbocycles. The number of rotatable bonds is 2. The molecule has 74 valence electrons. The van der Waals surface area contributed by atoms with Gasteiger partial charge < -0.3 is 4.42 Å². The van der Waals surface area contributed by atoms with Crippen LogP contribution in [0.25, 0.3) is 11.1 Å². The number of thioether (sulfide) groups is 1. The van der Waals surface area contributed by atoms with Gasteiger partial charge in [0.15, 0.2) is 5.58 Å². The van der Waals surface area contributed by atoms with Gasteiger partial charge in [0.25, 0.3) is 11.0 Å². The van der Waals surface area contributed by atoms with Crippen molar-refractivity contribution in [3.8, 4) is 0 Å². The van der Waals surface area contributed by atoms with E-state index in [1.54, 1.807) is 0 Å². The lowest BCUT2D eigenvalue weighted by Gasteiger charge is -1.89. The molecule has 0 spiro atoms. The molecule has 14 heavy (non-hydrogen) atoms. The van der Waals surface area contributed by atoms with E-state index in [1.807, 2.05) is 0 Å². The van der Waals surface area contributed by atoms with Crippen molar-refractivity contribution >= 4 is 22.9 Å². The van der Waals surface area contributed by atoms with Crippen molar-refractivity contribution < 1.29 is 17.6 Å². The summed E-state index contributed by atoms with van der Waals surface area (Å²) in [5.41, 5.74) is 0.544. The molecular formula is C8H4F3NOS. The van der Waals surface area contributed by atoms with Gasteiger partial charge in [0, 0.05) is 17.8 Å². The van der Waals surface area contributed by atoms with Gasteiger partial charge in [-0.2, -0.15) is 8.78 Å². The molecule has 2 nitrogen and oxygen atoms in total. The summed E-state index contributed by atoms with van der Waals surface area (Å²) >= 11 is 0.196. The molecule has 0 bridgehead atoms. The second-order valence-electron chi connectivity index (χ2n) is 2.47. The topological polar surface area (TPSA) is 26.0 Å². The largest absolute Gasteiger partial charge is 0.431 e. The highest BCUT2D eigenvalue weighted by Gasteiger charge is 2.12. The first kappa shape index (κ1) is 9.39. The van der Waals surface area contributed by atoms with Crippen molar-refractivity contribution in [3.05, 3.63) is 24.0 Å². The molecule has 0 fully saturated rings. The van der Waals surface area contributed by atoms with Gasteiger partial charge in [-0.1, -0.05) is 0 Å². The summed E-state index contributed by atoms with van der Waals surface area (Å²) in [7, 11) is 0. The van der Waals surface area contributed by atoms with Crippen LogP contribution in [0.3, 0.4) is 0 Å². The van der Waals surface area contributed by atoms with E-state index in [0.717, 1.165) is 6.07 Å². The van der Waals surface area contributed by atoms with E-state index in [2.05, 4.69) is 4.98 Å². The van der Waals surface area contributed by atoms with E-state index in [0.29, 0.717) is 5.52 Å². The Hall–Kier alpha value is -1.17. The molecule has 0 amide bonds. The van der Waals surface area contributed by atoms with Gasteiger partial charge in [-0.25, -0.2) is 9.37 Å². The first-order chi connectivity index (χ1) is 6.65. The number of alkyl halides is 2. The number of nitrogens with zero attached hydrogens (tertiary/aromatic N) is 1. The number of aromatic nitrogens is 1. The summed E-state index contributed by atoms with van der Waals surface area (Å²) in [5, 5.41) is -0.152. The summed E-state index contributed by atoms with van der Waals surface area (Å²) in [6.45, 7) is 0. The minimum atomic E-state index is -2.59. The van der Waals surface area contributed by atoms with Crippen LogP contribution in [0.5, 0.6) is 0 Å². The second-order valence-corrected chi connectivity index (χ2v) is 3.41. The van der Waals surface area contributed by atoms with Crippen LogP contribution < -0.4 is 0 Å². The maximum atomic E-state index is 12.7. The third-order valence-corrected chi connectivity index (χ3v) is 2.08. The van der Waals surface area contributed by atoms with Crippen molar-refractivity contribution in [2.75, 3.05) is 0 Å². The highest BCUT2D eigenvalue weighted by atomic mass is 32.2. The van der Waals surface area contributed by atoms with Gasteiger partial charge in [0.1, 0.15) is 11.3 Å². The van der Waals surface area contributed by atoms with Gasteiger partial charge in [-0.3, -0.25) is 0 Å². The molecule has 2 aromatic rings. The predicted molar refractivity (Wildman–Crippen MR) is 45.8 cm³/mol. The zero-order valence-corrected chi connectivity index (χ0v) is 7.52. The Bertz CT molecular complexity index is 457. The summed E-state index contributed by atoms with van der Waals surface area (Å²) in [4.78, 5) is 3.74. The summed E-state index contributed by atoms with van der Waals surface area (Å²) < 4.78 is 41.4. The molecule has 1 aromatic carbocycles. The lowest BCUT2D eigenvalue weighted by molar-refractivity contribution is 0.249. The molecule has 0 unspecified atom stereocenters. The van der Waals surface area contributed by atoms with Gasteiger partial charge in [0.2, 0.25) is 0 Å². The van der Waals surface area contributed by atoms with Crippen LogP contribution in [0.1, 0.15) is 0 Å². The standard InChI is InChI=1S/C8H4F3NOS/c9-4-1-2-5-6(3-4)13-8(12-5)14-7(10)11/h1-3,7H. The van der Waals surface area contributed by atoms with Crippen molar-refractivity contribution in [3.63, 3.8) is 0 Å². The zero-order chi connectivity index (χ0) is 10.1. The maximum Gasteiger partial charge on any atom is 0.293 e. The SMILES string of the molecule is Fc1ccc2nc(SC(F)F)oc2c1. The van der Waals surface area contributed by atoms with Crippen molar-refractivity contribution in [2.24, 2.45) is 0 Å². The summed E-state index contributed by atoms with van der Waals surface area (Å²) in [6.07, 6.45) is 0. The number of halogens is 3. The lowest BCUT2D eigenvalue weighted by Crippen LogP contribution is -1.79. The number of hydrogen-bond donors (Lipinski definition) is 0. The van der Waals surface area contributed by atoms with Gasteiger partial charge in [-0.05, 0) is 12.1 Å². The van der Waals surface area contributed by atoms with E-state index in [4.69, 9.17) is 4.42 Å². The third-order valence-electron chi connectivity index (χ3n) is 1.52. The van der Waals surface area contributed by atoms with Crippen LogP contribution in [0.15, 0.2) is 27.8 Å². The molecule has 0 N–H and O–H groups in total. The quantitative estimate of drug-likeness (QED) is 0.725. The van der Waals surface area contributed by atoms with Crippen molar-refractivity contribution in [1.29, 1.82) is 0 Å². The molecule has 1 heterocycles. The molecular weight excluding hydrogens is 215 g/mol. The lowest BCUT2D eigenvalue weighted by atomic mass is 10.3. The van der Waals surface area contributed by atoms with E-state index in [-0.39, 0.29) is 22.6 Å². The van der Waals surface area contributed by atoms with Gasteiger partial charge in [-0.15, -0.1) is 0 Å². The molecule has 6 heteroatoms. The number of hydrogen-bond acceptors (Lipinski definition) is 3. The molecule has 2 rings (SSSR count). The van der Waals surface area contributed by atoms with Crippen molar-refractivity contribution in [2.45, 2.75) is 11.0 Å². The van der Waals surface area contributed by atoms with E-state index >= 15 is 0 Å². The fourth-order valence-corrected chi connectivity index (χ4v) is 1.45. The zero-order valence-electron chi connectivity index (χ0n) is 6.71. The molecule has 0 aliphatic heterocycles. The van der Waals surface area contributed by atoms with E-state index in [1.165, 1.54) is 12.1 Å². The molecule has 0 aliphatic rings. The highest BCUT2D eigenvalue weighted by molar-refractivity contribution is 7.99. The fraction of sp³-hybridized carbons (Fsp3) is 0.125. The Balaban J connectivity index is 2.41. The van der Waals surface area contributed by atoms with E-state index < -0.39 is 11.6 Å². The second kappa shape index (κ2) is 3.53. The minimum absolute atomic E-state index is 0.152. The Morgan fingerprint density at radius 2 is 2.14 bits per heavy atom. The maximum absolute atomic E-state index is 12.7. The van der Waals surface area contributed by atoms with Crippen LogP contribution in [0.2, 0.25) is 0 Å². The Morgan fingerprint density at radius 1 is 1.36 bits per heavy atom. The molecule has 0 saturated heterocycles. The molecule has 0 saturated carbocycles. The normalized spacial score (nSPS) is 11.4. The number of oxazole rings is 1. The smallest absolute Gasteiger partial charge is 0.293 e. The van der Waals surface area contributed by atoms with Gasteiger partial charge >= 0.3 is 0 Å². The van der Waals surface area contributed by atoms with Crippen LogP contribution in [0, 0.1) is 5.82 Å². The summed E-state index contributed by atoms with van der Waals surface area (Å²) in [6, 6.07) is 3.68.